The van der Waals surface area contributed by atoms with Crippen LogP contribution in [0.25, 0.3) is 0 Å². The largest absolute Gasteiger partial charge is 0.444 e. The molecular formula is C18H25NO3. The summed E-state index contributed by atoms with van der Waals surface area (Å²) >= 11 is 0. The Morgan fingerprint density at radius 3 is 2.55 bits per heavy atom. The molecule has 0 spiro atoms. The van der Waals surface area contributed by atoms with Crippen LogP contribution in [0.1, 0.15) is 39.2 Å². The summed E-state index contributed by atoms with van der Waals surface area (Å²) in [7, 11) is 0. The van der Waals surface area contributed by atoms with Crippen molar-refractivity contribution >= 4 is 11.9 Å². The van der Waals surface area contributed by atoms with Crippen LogP contribution in [0.15, 0.2) is 30.3 Å². The smallest absolute Gasteiger partial charge is 0.410 e. The number of Topliss-reactive ketones (excluding diaryl/α,β-unsaturated/α-hetero) is 1. The number of benzene rings is 1. The van der Waals surface area contributed by atoms with Crippen molar-refractivity contribution in [3.05, 3.63) is 35.9 Å². The second-order valence-electron chi connectivity index (χ2n) is 6.86. The third-order valence-corrected chi connectivity index (χ3v) is 3.80. The Morgan fingerprint density at radius 1 is 1.23 bits per heavy atom. The average Bonchev–Trinajstić information content (AvgIpc) is 2.94. The minimum atomic E-state index is -0.494. The minimum Gasteiger partial charge on any atom is -0.444 e. The van der Waals surface area contributed by atoms with Crippen LogP contribution in [0, 0.1) is 5.92 Å². The van der Waals surface area contributed by atoms with Crippen molar-refractivity contribution < 1.29 is 14.3 Å². The molecule has 1 saturated heterocycles. The van der Waals surface area contributed by atoms with Crippen LogP contribution in [0.3, 0.4) is 0 Å². The summed E-state index contributed by atoms with van der Waals surface area (Å²) in [5.41, 5.74) is 0.685. The van der Waals surface area contributed by atoms with Crippen LogP contribution < -0.4 is 0 Å². The third-order valence-electron chi connectivity index (χ3n) is 3.80. The number of hydrogen-bond donors (Lipinski definition) is 0. The van der Waals surface area contributed by atoms with E-state index in [4.69, 9.17) is 4.74 Å². The van der Waals surface area contributed by atoms with Gasteiger partial charge in [0.25, 0.3) is 0 Å². The first-order valence-corrected chi connectivity index (χ1v) is 7.90. The molecule has 1 aliphatic heterocycles. The molecule has 1 aromatic rings. The number of amides is 1. The van der Waals surface area contributed by atoms with Crippen molar-refractivity contribution in [2.45, 2.75) is 45.6 Å². The highest BCUT2D eigenvalue weighted by Crippen LogP contribution is 2.21. The van der Waals surface area contributed by atoms with Crippen molar-refractivity contribution in [3.63, 3.8) is 0 Å². The Balaban J connectivity index is 1.80. The Morgan fingerprint density at radius 2 is 1.91 bits per heavy atom. The van der Waals surface area contributed by atoms with E-state index in [1.165, 1.54) is 5.56 Å². The summed E-state index contributed by atoms with van der Waals surface area (Å²) in [5.74, 6) is 0.200. The molecular weight excluding hydrogens is 278 g/mol. The maximum absolute atomic E-state index is 12.3. The van der Waals surface area contributed by atoms with E-state index in [-0.39, 0.29) is 17.8 Å². The lowest BCUT2D eigenvalue weighted by Crippen LogP contribution is -2.35. The normalized spacial score (nSPS) is 18.3. The van der Waals surface area contributed by atoms with Gasteiger partial charge in [-0.05, 0) is 39.2 Å². The number of ether oxygens (including phenoxy) is 1. The molecule has 0 bridgehead atoms. The predicted octanol–water partition coefficient (Wildman–Crippen LogP) is 3.45. The first kappa shape index (κ1) is 16.5. The molecule has 1 unspecified atom stereocenters. The number of carbonyl (C=O) groups excluding carboxylic acids is 2. The van der Waals surface area contributed by atoms with Crippen LogP contribution >= 0.6 is 0 Å². The zero-order valence-electron chi connectivity index (χ0n) is 13.7. The van der Waals surface area contributed by atoms with Crippen molar-refractivity contribution in [2.75, 3.05) is 13.1 Å². The Labute approximate surface area is 132 Å². The number of rotatable bonds is 4. The van der Waals surface area contributed by atoms with E-state index in [0.29, 0.717) is 19.5 Å². The molecule has 0 radical (unpaired) electrons. The van der Waals surface area contributed by atoms with Crippen molar-refractivity contribution in [2.24, 2.45) is 5.92 Å². The molecule has 2 rings (SSSR count). The van der Waals surface area contributed by atoms with E-state index in [1.54, 1.807) is 4.90 Å². The summed E-state index contributed by atoms with van der Waals surface area (Å²) in [6.45, 7) is 6.65. The van der Waals surface area contributed by atoms with E-state index >= 15 is 0 Å². The van der Waals surface area contributed by atoms with Crippen LogP contribution in [0.4, 0.5) is 4.79 Å². The molecule has 0 saturated carbocycles. The molecule has 1 heterocycles. The average molecular weight is 303 g/mol. The first-order chi connectivity index (χ1) is 10.3. The van der Waals surface area contributed by atoms with Crippen molar-refractivity contribution in [1.29, 1.82) is 0 Å². The van der Waals surface area contributed by atoms with Crippen LogP contribution in [0.2, 0.25) is 0 Å². The van der Waals surface area contributed by atoms with Gasteiger partial charge in [-0.15, -0.1) is 0 Å². The standard InChI is InChI=1S/C18H25NO3/c1-18(2,3)22-17(21)19-12-11-15(13-19)16(20)10-9-14-7-5-4-6-8-14/h4-8,15H,9-13H2,1-3H3. The highest BCUT2D eigenvalue weighted by molar-refractivity contribution is 5.82. The summed E-state index contributed by atoms with van der Waals surface area (Å²) in [6.07, 6.45) is 1.73. The molecule has 1 aromatic carbocycles. The van der Waals surface area contributed by atoms with Gasteiger partial charge < -0.3 is 9.64 Å². The molecule has 0 aromatic heterocycles. The summed E-state index contributed by atoms with van der Waals surface area (Å²) < 4.78 is 5.35. The Bertz CT molecular complexity index is 519. The van der Waals surface area contributed by atoms with Gasteiger partial charge in [0, 0.05) is 25.4 Å². The number of carbonyl (C=O) groups is 2. The number of nitrogens with zero attached hydrogens (tertiary/aromatic N) is 1. The van der Waals surface area contributed by atoms with E-state index in [0.717, 1.165) is 12.8 Å². The number of aryl methyl sites for hydroxylation is 1. The number of likely N-dealkylation sites (tertiary alicyclic amines) is 1. The first-order valence-electron chi connectivity index (χ1n) is 7.90. The van der Waals surface area contributed by atoms with E-state index < -0.39 is 5.60 Å². The van der Waals surface area contributed by atoms with E-state index in [9.17, 15) is 9.59 Å². The lowest BCUT2D eigenvalue weighted by atomic mass is 9.97. The molecule has 0 N–H and O–H groups in total. The lowest BCUT2D eigenvalue weighted by molar-refractivity contribution is -0.122. The van der Waals surface area contributed by atoms with Crippen LogP contribution in [0.5, 0.6) is 0 Å². The maximum Gasteiger partial charge on any atom is 0.410 e. The molecule has 0 aliphatic carbocycles. The van der Waals surface area contributed by atoms with E-state index in [2.05, 4.69) is 0 Å². The molecule has 1 aliphatic rings. The number of ketones is 1. The van der Waals surface area contributed by atoms with Crippen molar-refractivity contribution in [3.8, 4) is 0 Å². The predicted molar refractivity (Wildman–Crippen MR) is 85.7 cm³/mol. The number of hydrogen-bond acceptors (Lipinski definition) is 3. The fraction of sp³-hybridized carbons (Fsp3) is 0.556. The Kier molecular flexibility index (Phi) is 5.22. The van der Waals surface area contributed by atoms with Crippen LogP contribution in [-0.2, 0) is 16.0 Å². The van der Waals surface area contributed by atoms with Gasteiger partial charge in [-0.1, -0.05) is 30.3 Å². The molecule has 1 fully saturated rings. The topological polar surface area (TPSA) is 46.6 Å². The molecule has 4 heteroatoms. The van der Waals surface area contributed by atoms with E-state index in [1.807, 2.05) is 51.1 Å². The summed E-state index contributed by atoms with van der Waals surface area (Å²) in [6, 6.07) is 10.0. The summed E-state index contributed by atoms with van der Waals surface area (Å²) in [4.78, 5) is 25.9. The van der Waals surface area contributed by atoms with Gasteiger partial charge in [0.05, 0.1) is 0 Å². The maximum atomic E-state index is 12.3. The van der Waals surface area contributed by atoms with Crippen LogP contribution in [-0.4, -0.2) is 35.5 Å². The molecule has 1 amide bonds. The second kappa shape index (κ2) is 6.95. The van der Waals surface area contributed by atoms with Gasteiger partial charge in [-0.2, -0.15) is 0 Å². The third kappa shape index (κ3) is 4.86. The zero-order valence-corrected chi connectivity index (χ0v) is 13.7. The molecule has 4 nitrogen and oxygen atoms in total. The zero-order chi connectivity index (χ0) is 16.2. The lowest BCUT2D eigenvalue weighted by Gasteiger charge is -2.24. The monoisotopic (exact) mass is 303 g/mol. The van der Waals surface area contributed by atoms with Gasteiger partial charge in [0.15, 0.2) is 0 Å². The molecule has 22 heavy (non-hydrogen) atoms. The highest BCUT2D eigenvalue weighted by Gasteiger charge is 2.32. The molecule has 120 valence electrons. The van der Waals surface area contributed by atoms with Gasteiger partial charge in [-0.3, -0.25) is 4.79 Å². The highest BCUT2D eigenvalue weighted by atomic mass is 16.6. The minimum absolute atomic E-state index is 0.0452. The quantitative estimate of drug-likeness (QED) is 0.856. The van der Waals surface area contributed by atoms with Gasteiger partial charge in [0.1, 0.15) is 11.4 Å². The van der Waals surface area contributed by atoms with Gasteiger partial charge in [0.2, 0.25) is 0 Å². The SMILES string of the molecule is CC(C)(C)OC(=O)N1CCC(C(=O)CCc2ccccc2)C1. The van der Waals surface area contributed by atoms with Gasteiger partial charge >= 0.3 is 6.09 Å². The fourth-order valence-electron chi connectivity index (χ4n) is 2.63. The molecule has 1 atom stereocenters. The second-order valence-corrected chi connectivity index (χ2v) is 6.86. The van der Waals surface area contributed by atoms with Crippen molar-refractivity contribution in [1.82, 2.24) is 4.90 Å². The Hall–Kier alpha value is -1.84. The van der Waals surface area contributed by atoms with Gasteiger partial charge in [-0.25, -0.2) is 4.79 Å². The fourth-order valence-corrected chi connectivity index (χ4v) is 2.63. The summed E-state index contributed by atoms with van der Waals surface area (Å²) in [5, 5.41) is 0.